The van der Waals surface area contributed by atoms with Crippen LogP contribution in [-0.2, 0) is 11.2 Å². The van der Waals surface area contributed by atoms with Gasteiger partial charge >= 0.3 is 29.6 Å². The van der Waals surface area contributed by atoms with Crippen LogP contribution in [0, 0.1) is 20.8 Å². The van der Waals surface area contributed by atoms with E-state index in [-0.39, 0.29) is 41.4 Å². The first-order valence-electron chi connectivity index (χ1n) is 7.05. The average molecular weight is 318 g/mol. The Morgan fingerprint density at radius 3 is 2.43 bits per heavy atom. The van der Waals surface area contributed by atoms with Crippen molar-refractivity contribution in [1.82, 2.24) is 0 Å². The molecule has 0 saturated carbocycles. The van der Waals surface area contributed by atoms with Crippen LogP contribution in [0.5, 0.6) is 0 Å². The molecule has 0 aliphatic carbocycles. The summed E-state index contributed by atoms with van der Waals surface area (Å²) in [5.41, 5.74) is 4.16. The van der Waals surface area contributed by atoms with Crippen molar-refractivity contribution in [2.75, 3.05) is 0 Å². The normalized spacial score (nSPS) is 10.7. The molecule has 0 atom stereocenters. The summed E-state index contributed by atoms with van der Waals surface area (Å²) in [6.07, 6.45) is -0.282. The Hall–Kier alpha value is -1.62. The standard InChI is InChI=1S/C18H16O4.Na/c1-9-7-14-16(21)13-6-4-5-12(8-15(19)20)18(13)22-17(14)11(3)10(9)2;/h4-7H,8H2,1-3H3,(H,19,20);/q;+1/p-1. The Bertz CT molecular complexity index is 986. The van der Waals surface area contributed by atoms with Gasteiger partial charge in [0, 0.05) is 18.0 Å². The maximum absolute atomic E-state index is 12.7. The third kappa shape index (κ3) is 2.94. The first-order chi connectivity index (χ1) is 10.4. The van der Waals surface area contributed by atoms with E-state index in [0.717, 1.165) is 16.7 Å². The Kier molecular flexibility index (Phi) is 4.99. The van der Waals surface area contributed by atoms with E-state index in [2.05, 4.69) is 0 Å². The molecular formula is C18H15NaO4. The van der Waals surface area contributed by atoms with Gasteiger partial charge in [-0.1, -0.05) is 12.1 Å². The molecule has 23 heavy (non-hydrogen) atoms. The van der Waals surface area contributed by atoms with Gasteiger partial charge in [0.1, 0.15) is 11.2 Å². The van der Waals surface area contributed by atoms with Crippen LogP contribution in [0.15, 0.2) is 33.5 Å². The Balaban J connectivity index is 0.00000192. The van der Waals surface area contributed by atoms with Crippen LogP contribution < -0.4 is 40.1 Å². The molecule has 0 saturated heterocycles. The predicted octanol–water partition coefficient (Wildman–Crippen LogP) is -0.832. The van der Waals surface area contributed by atoms with Crippen LogP contribution in [0.1, 0.15) is 22.3 Å². The number of aryl methyl sites for hydroxylation is 2. The smallest absolute Gasteiger partial charge is 0.550 e. The van der Waals surface area contributed by atoms with Gasteiger partial charge in [-0.3, -0.25) is 4.79 Å². The predicted molar refractivity (Wildman–Crippen MR) is 82.9 cm³/mol. The quantitative estimate of drug-likeness (QED) is 0.457. The largest absolute Gasteiger partial charge is 1.00 e. The number of carbonyl (C=O) groups is 1. The number of rotatable bonds is 2. The van der Waals surface area contributed by atoms with Gasteiger partial charge in [-0.25, -0.2) is 0 Å². The van der Waals surface area contributed by atoms with Crippen molar-refractivity contribution in [2.45, 2.75) is 27.2 Å². The molecule has 1 heterocycles. The second-order valence-corrected chi connectivity index (χ2v) is 5.59. The summed E-state index contributed by atoms with van der Waals surface area (Å²) in [5, 5.41) is 11.8. The second-order valence-electron chi connectivity index (χ2n) is 5.59. The number of carboxylic acids is 1. The summed E-state index contributed by atoms with van der Waals surface area (Å²) < 4.78 is 5.93. The van der Waals surface area contributed by atoms with Crippen molar-refractivity contribution in [3.05, 3.63) is 56.7 Å². The zero-order valence-corrected chi connectivity index (χ0v) is 15.6. The SMILES string of the molecule is Cc1cc2c(=O)c3cccc(CC(=O)[O-])c3oc2c(C)c1C.[Na+]. The van der Waals surface area contributed by atoms with Crippen molar-refractivity contribution < 1.29 is 43.9 Å². The van der Waals surface area contributed by atoms with E-state index in [9.17, 15) is 14.7 Å². The van der Waals surface area contributed by atoms with E-state index < -0.39 is 5.97 Å². The summed E-state index contributed by atoms with van der Waals surface area (Å²) in [4.78, 5) is 23.6. The van der Waals surface area contributed by atoms with Gasteiger partial charge in [0.05, 0.1) is 10.8 Å². The molecule has 112 valence electrons. The van der Waals surface area contributed by atoms with Crippen molar-refractivity contribution >= 4 is 27.9 Å². The Morgan fingerprint density at radius 1 is 1.09 bits per heavy atom. The number of carboxylic acid groups (broad SMARTS) is 1. The first kappa shape index (κ1) is 17.7. The fraction of sp³-hybridized carbons (Fsp3) is 0.222. The molecule has 0 spiro atoms. The monoisotopic (exact) mass is 318 g/mol. The maximum atomic E-state index is 12.7. The molecule has 2 aromatic carbocycles. The van der Waals surface area contributed by atoms with Gasteiger partial charge in [0.15, 0.2) is 0 Å². The van der Waals surface area contributed by atoms with E-state index in [1.54, 1.807) is 18.2 Å². The molecule has 0 N–H and O–H groups in total. The number of aliphatic carboxylic acids is 1. The van der Waals surface area contributed by atoms with Gasteiger partial charge in [0.2, 0.25) is 5.43 Å². The third-order valence-electron chi connectivity index (χ3n) is 4.22. The van der Waals surface area contributed by atoms with Crippen molar-refractivity contribution in [2.24, 2.45) is 0 Å². The summed E-state index contributed by atoms with van der Waals surface area (Å²) in [7, 11) is 0. The number of hydrogen-bond donors (Lipinski definition) is 0. The van der Waals surface area contributed by atoms with E-state index in [4.69, 9.17) is 4.42 Å². The molecule has 0 unspecified atom stereocenters. The van der Waals surface area contributed by atoms with Gasteiger partial charge < -0.3 is 14.3 Å². The summed E-state index contributed by atoms with van der Waals surface area (Å²) >= 11 is 0. The molecule has 1 aromatic heterocycles. The van der Waals surface area contributed by atoms with Crippen molar-refractivity contribution in [3.8, 4) is 0 Å². The number of para-hydroxylation sites is 1. The number of fused-ring (bicyclic) bond motifs is 2. The summed E-state index contributed by atoms with van der Waals surface area (Å²) in [6, 6.07) is 6.79. The van der Waals surface area contributed by atoms with Gasteiger partial charge in [-0.05, 0) is 49.6 Å². The second kappa shape index (κ2) is 6.48. The molecule has 0 amide bonds. The fourth-order valence-electron chi connectivity index (χ4n) is 2.78. The molecule has 0 fully saturated rings. The van der Waals surface area contributed by atoms with Crippen LogP contribution in [0.2, 0.25) is 0 Å². The molecule has 0 aliphatic heterocycles. The Labute approximate surface area is 155 Å². The first-order valence-corrected chi connectivity index (χ1v) is 7.05. The number of hydrogen-bond acceptors (Lipinski definition) is 4. The minimum Gasteiger partial charge on any atom is -0.550 e. The molecule has 3 aromatic rings. The van der Waals surface area contributed by atoms with E-state index >= 15 is 0 Å². The number of benzene rings is 2. The van der Waals surface area contributed by atoms with Crippen LogP contribution in [0.25, 0.3) is 21.9 Å². The molecule has 0 bridgehead atoms. The van der Waals surface area contributed by atoms with Gasteiger partial charge in [-0.2, -0.15) is 0 Å². The van der Waals surface area contributed by atoms with Crippen molar-refractivity contribution in [3.63, 3.8) is 0 Å². The fourth-order valence-corrected chi connectivity index (χ4v) is 2.78. The average Bonchev–Trinajstić information content (AvgIpc) is 2.47. The Morgan fingerprint density at radius 2 is 1.78 bits per heavy atom. The molecule has 4 nitrogen and oxygen atoms in total. The van der Waals surface area contributed by atoms with Crippen LogP contribution >= 0.6 is 0 Å². The van der Waals surface area contributed by atoms with Crippen LogP contribution in [0.3, 0.4) is 0 Å². The molecule has 3 rings (SSSR count). The topological polar surface area (TPSA) is 70.3 Å². The molecule has 5 heteroatoms. The zero-order chi connectivity index (χ0) is 16.0. The van der Waals surface area contributed by atoms with Crippen LogP contribution in [0.4, 0.5) is 0 Å². The van der Waals surface area contributed by atoms with Crippen molar-refractivity contribution in [1.29, 1.82) is 0 Å². The molecule has 0 radical (unpaired) electrons. The summed E-state index contributed by atoms with van der Waals surface area (Å²) in [5.74, 6) is -1.20. The molecule has 0 aliphatic rings. The maximum Gasteiger partial charge on any atom is 1.00 e. The minimum atomic E-state index is -1.20. The van der Waals surface area contributed by atoms with E-state index in [0.29, 0.717) is 27.5 Å². The minimum absolute atomic E-state index is 0. The third-order valence-corrected chi connectivity index (χ3v) is 4.22. The molecular weight excluding hydrogens is 303 g/mol. The van der Waals surface area contributed by atoms with Crippen LogP contribution in [-0.4, -0.2) is 5.97 Å². The van der Waals surface area contributed by atoms with Gasteiger partial charge in [-0.15, -0.1) is 0 Å². The zero-order valence-electron chi connectivity index (χ0n) is 13.6. The number of carbonyl (C=O) groups excluding carboxylic acids is 1. The van der Waals surface area contributed by atoms with E-state index in [1.165, 1.54) is 0 Å². The summed E-state index contributed by atoms with van der Waals surface area (Å²) in [6.45, 7) is 5.83. The van der Waals surface area contributed by atoms with Gasteiger partial charge in [0.25, 0.3) is 0 Å². The van der Waals surface area contributed by atoms with E-state index in [1.807, 2.05) is 26.8 Å².